The molecule has 1 aliphatic rings. The first-order chi connectivity index (χ1) is 5.88. The van der Waals surface area contributed by atoms with E-state index in [1.807, 2.05) is 30.3 Å². The van der Waals surface area contributed by atoms with Crippen molar-refractivity contribution in [2.75, 3.05) is 13.2 Å². The van der Waals surface area contributed by atoms with E-state index in [4.69, 9.17) is 4.74 Å². The maximum absolute atomic E-state index is 9.52. The van der Waals surface area contributed by atoms with Gasteiger partial charge >= 0.3 is 0 Å². The average Bonchev–Trinajstić information content (AvgIpc) is 2.53. The predicted octanol–water partition coefficient (Wildman–Crippen LogP) is 1.16. The lowest BCUT2D eigenvalue weighted by Crippen LogP contribution is -2.15. The lowest BCUT2D eigenvalue weighted by atomic mass is 9.97. The third kappa shape index (κ3) is 1.36. The highest BCUT2D eigenvalue weighted by Gasteiger charge is 2.27. The van der Waals surface area contributed by atoms with Crippen LogP contribution in [0.2, 0.25) is 0 Å². The number of ether oxygens (including phenoxy) is 1. The molecule has 1 aromatic carbocycles. The molecule has 0 aliphatic carbocycles. The predicted molar refractivity (Wildman–Crippen MR) is 46.0 cm³/mol. The summed E-state index contributed by atoms with van der Waals surface area (Å²) in [4.78, 5) is 0. The molecular weight excluding hydrogens is 152 g/mol. The molecule has 0 bridgehead atoms. The van der Waals surface area contributed by atoms with Gasteiger partial charge in [-0.2, -0.15) is 0 Å². The summed E-state index contributed by atoms with van der Waals surface area (Å²) in [7, 11) is 0. The number of aliphatic hydroxyl groups excluding tert-OH is 1. The van der Waals surface area contributed by atoms with Gasteiger partial charge in [-0.15, -0.1) is 0 Å². The molecule has 2 nitrogen and oxygen atoms in total. The number of hydrogen-bond donors (Lipinski definition) is 1. The Balaban J connectivity index is 2.19. The van der Waals surface area contributed by atoms with Crippen LogP contribution in [0.25, 0.3) is 0 Å². The van der Waals surface area contributed by atoms with Crippen LogP contribution in [0.15, 0.2) is 30.3 Å². The Hall–Kier alpha value is -0.860. The fraction of sp³-hybridized carbons (Fsp3) is 0.400. The molecule has 64 valence electrons. The van der Waals surface area contributed by atoms with Gasteiger partial charge in [-0.1, -0.05) is 30.3 Å². The first-order valence-electron chi connectivity index (χ1n) is 4.18. The third-order valence-corrected chi connectivity index (χ3v) is 2.28. The SMILES string of the molecule is OC1COCC1c1ccccc1. The molecule has 2 rings (SSSR count). The van der Waals surface area contributed by atoms with Gasteiger partial charge in [-0.05, 0) is 5.56 Å². The van der Waals surface area contributed by atoms with Gasteiger partial charge < -0.3 is 9.84 Å². The second kappa shape index (κ2) is 3.25. The van der Waals surface area contributed by atoms with E-state index in [1.165, 1.54) is 5.56 Å². The molecule has 0 spiro atoms. The number of aliphatic hydroxyl groups is 1. The molecule has 0 aromatic heterocycles. The van der Waals surface area contributed by atoms with Crippen LogP contribution in [0.5, 0.6) is 0 Å². The molecular formula is C10H12O2. The molecule has 1 heterocycles. The van der Waals surface area contributed by atoms with Crippen molar-refractivity contribution in [3.05, 3.63) is 35.9 Å². The van der Waals surface area contributed by atoms with Gasteiger partial charge in [0.2, 0.25) is 0 Å². The lowest BCUT2D eigenvalue weighted by molar-refractivity contribution is 0.124. The molecule has 12 heavy (non-hydrogen) atoms. The van der Waals surface area contributed by atoms with Gasteiger partial charge in [0.05, 0.1) is 19.3 Å². The van der Waals surface area contributed by atoms with E-state index in [1.54, 1.807) is 0 Å². The summed E-state index contributed by atoms with van der Waals surface area (Å²) in [5.41, 5.74) is 1.17. The van der Waals surface area contributed by atoms with E-state index in [0.717, 1.165) is 0 Å². The Bertz CT molecular complexity index is 245. The van der Waals surface area contributed by atoms with Crippen LogP contribution in [0.1, 0.15) is 11.5 Å². The van der Waals surface area contributed by atoms with Gasteiger partial charge in [-0.25, -0.2) is 0 Å². The summed E-state index contributed by atoms with van der Waals surface area (Å²) in [6.07, 6.45) is -0.326. The Labute approximate surface area is 71.8 Å². The number of hydrogen-bond acceptors (Lipinski definition) is 2. The third-order valence-electron chi connectivity index (χ3n) is 2.28. The second-order valence-electron chi connectivity index (χ2n) is 3.12. The van der Waals surface area contributed by atoms with Gasteiger partial charge in [0.25, 0.3) is 0 Å². The van der Waals surface area contributed by atoms with Crippen molar-refractivity contribution in [3.63, 3.8) is 0 Å². The van der Waals surface area contributed by atoms with E-state index in [0.29, 0.717) is 13.2 Å². The largest absolute Gasteiger partial charge is 0.390 e. The Morgan fingerprint density at radius 1 is 1.17 bits per heavy atom. The summed E-state index contributed by atoms with van der Waals surface area (Å²) in [5.74, 6) is 0.172. The number of rotatable bonds is 1. The standard InChI is InChI=1S/C10H12O2/c11-10-7-12-6-9(10)8-4-2-1-3-5-8/h1-5,9-11H,6-7H2. The monoisotopic (exact) mass is 164 g/mol. The maximum atomic E-state index is 9.52. The summed E-state index contributed by atoms with van der Waals surface area (Å²) >= 11 is 0. The van der Waals surface area contributed by atoms with Crippen molar-refractivity contribution < 1.29 is 9.84 Å². The Morgan fingerprint density at radius 3 is 2.50 bits per heavy atom. The van der Waals surface area contributed by atoms with Crippen LogP contribution in [0.3, 0.4) is 0 Å². The van der Waals surface area contributed by atoms with E-state index in [-0.39, 0.29) is 12.0 Å². The van der Waals surface area contributed by atoms with Crippen LogP contribution in [-0.4, -0.2) is 24.4 Å². The summed E-state index contributed by atoms with van der Waals surface area (Å²) in [6, 6.07) is 10.0. The van der Waals surface area contributed by atoms with Crippen molar-refractivity contribution in [2.45, 2.75) is 12.0 Å². The topological polar surface area (TPSA) is 29.5 Å². The quantitative estimate of drug-likeness (QED) is 0.675. The van der Waals surface area contributed by atoms with Crippen molar-refractivity contribution in [1.29, 1.82) is 0 Å². The fourth-order valence-electron chi connectivity index (χ4n) is 1.56. The number of benzene rings is 1. The molecule has 2 unspecified atom stereocenters. The minimum Gasteiger partial charge on any atom is -0.390 e. The van der Waals surface area contributed by atoms with Crippen molar-refractivity contribution in [3.8, 4) is 0 Å². The van der Waals surface area contributed by atoms with Crippen LogP contribution in [0, 0.1) is 0 Å². The first-order valence-corrected chi connectivity index (χ1v) is 4.18. The minimum absolute atomic E-state index is 0.172. The molecule has 0 saturated carbocycles. The molecule has 0 amide bonds. The smallest absolute Gasteiger partial charge is 0.0864 e. The molecule has 2 atom stereocenters. The minimum atomic E-state index is -0.326. The maximum Gasteiger partial charge on any atom is 0.0864 e. The summed E-state index contributed by atoms with van der Waals surface area (Å²) in [6.45, 7) is 1.12. The molecule has 0 radical (unpaired) electrons. The summed E-state index contributed by atoms with van der Waals surface area (Å²) < 4.78 is 5.17. The molecule has 1 saturated heterocycles. The Kier molecular flexibility index (Phi) is 2.11. The Morgan fingerprint density at radius 2 is 1.92 bits per heavy atom. The second-order valence-corrected chi connectivity index (χ2v) is 3.12. The first kappa shape index (κ1) is 7.77. The fourth-order valence-corrected chi connectivity index (χ4v) is 1.56. The van der Waals surface area contributed by atoms with Crippen molar-refractivity contribution >= 4 is 0 Å². The van der Waals surface area contributed by atoms with Gasteiger partial charge in [0.1, 0.15) is 0 Å². The normalized spacial score (nSPS) is 29.1. The van der Waals surface area contributed by atoms with Crippen LogP contribution in [0.4, 0.5) is 0 Å². The van der Waals surface area contributed by atoms with E-state index in [9.17, 15) is 5.11 Å². The van der Waals surface area contributed by atoms with Crippen LogP contribution >= 0.6 is 0 Å². The molecule has 1 fully saturated rings. The molecule has 1 aliphatic heterocycles. The van der Waals surface area contributed by atoms with Gasteiger partial charge in [-0.3, -0.25) is 0 Å². The van der Waals surface area contributed by atoms with Crippen LogP contribution in [-0.2, 0) is 4.74 Å². The van der Waals surface area contributed by atoms with Crippen LogP contribution < -0.4 is 0 Å². The zero-order valence-electron chi connectivity index (χ0n) is 6.81. The highest BCUT2D eigenvalue weighted by atomic mass is 16.5. The zero-order valence-corrected chi connectivity index (χ0v) is 6.81. The van der Waals surface area contributed by atoms with Crippen molar-refractivity contribution in [2.24, 2.45) is 0 Å². The highest BCUT2D eigenvalue weighted by Crippen LogP contribution is 2.24. The van der Waals surface area contributed by atoms with E-state index < -0.39 is 0 Å². The molecule has 1 N–H and O–H groups in total. The molecule has 1 aromatic rings. The van der Waals surface area contributed by atoms with E-state index >= 15 is 0 Å². The zero-order chi connectivity index (χ0) is 8.39. The van der Waals surface area contributed by atoms with Gasteiger partial charge in [0, 0.05) is 5.92 Å². The highest BCUT2D eigenvalue weighted by molar-refractivity contribution is 5.21. The molecule has 2 heteroatoms. The average molecular weight is 164 g/mol. The van der Waals surface area contributed by atoms with E-state index in [2.05, 4.69) is 0 Å². The van der Waals surface area contributed by atoms with Gasteiger partial charge in [0.15, 0.2) is 0 Å². The van der Waals surface area contributed by atoms with Crippen molar-refractivity contribution in [1.82, 2.24) is 0 Å². The lowest BCUT2D eigenvalue weighted by Gasteiger charge is -2.11. The summed E-state index contributed by atoms with van der Waals surface area (Å²) in [5, 5.41) is 9.52.